The second-order valence-corrected chi connectivity index (χ2v) is 9.32. The third-order valence-electron chi connectivity index (χ3n) is 6.17. The number of nitrogens with zero attached hydrogens (tertiary/aromatic N) is 3. The van der Waals surface area contributed by atoms with Crippen LogP contribution in [-0.4, -0.2) is 67.6 Å². The van der Waals surface area contributed by atoms with Crippen molar-refractivity contribution in [3.8, 4) is 0 Å². The van der Waals surface area contributed by atoms with Gasteiger partial charge in [0.25, 0.3) is 5.91 Å². The van der Waals surface area contributed by atoms with E-state index in [0.717, 1.165) is 50.3 Å². The number of fused-ring (bicyclic) bond motifs is 1. The van der Waals surface area contributed by atoms with E-state index in [1.54, 1.807) is 6.92 Å². The number of anilines is 1. The van der Waals surface area contributed by atoms with Gasteiger partial charge in [0.2, 0.25) is 5.91 Å². The van der Waals surface area contributed by atoms with E-state index < -0.39 is 0 Å². The lowest BCUT2D eigenvalue weighted by Crippen LogP contribution is -2.40. The third-order valence-corrected chi connectivity index (χ3v) is 6.17. The highest BCUT2D eigenvalue weighted by Crippen LogP contribution is 2.27. The quantitative estimate of drug-likeness (QED) is 0.730. The highest BCUT2D eigenvalue weighted by Gasteiger charge is 2.23. The first-order chi connectivity index (χ1) is 15.0. The Kier molecular flexibility index (Phi) is 8.90. The number of ether oxygens (including phenoxy) is 1. The van der Waals surface area contributed by atoms with Gasteiger partial charge in [-0.15, -0.1) is 0 Å². The Morgan fingerprint density at radius 2 is 1.65 bits per heavy atom. The minimum Gasteiger partial charge on any atom is -0.378 e. The first-order valence-corrected chi connectivity index (χ1v) is 12.0. The molecule has 3 rings (SSSR count). The smallest absolute Gasteiger partial charge is 0.254 e. The fourth-order valence-corrected chi connectivity index (χ4v) is 4.63. The summed E-state index contributed by atoms with van der Waals surface area (Å²) in [5, 5.41) is 0. The Bertz CT molecular complexity index is 744. The molecule has 6 nitrogen and oxygen atoms in total. The lowest BCUT2D eigenvalue weighted by Gasteiger charge is -2.31. The van der Waals surface area contributed by atoms with Crippen molar-refractivity contribution >= 4 is 17.5 Å². The first kappa shape index (κ1) is 23.7. The first-order valence-electron chi connectivity index (χ1n) is 12.0. The second kappa shape index (κ2) is 11.6. The summed E-state index contributed by atoms with van der Waals surface area (Å²) in [5.74, 6) is 0.696. The molecular weight excluding hydrogens is 390 g/mol. The van der Waals surface area contributed by atoms with Crippen LogP contribution in [0.15, 0.2) is 18.2 Å². The van der Waals surface area contributed by atoms with Gasteiger partial charge in [0.15, 0.2) is 0 Å². The van der Waals surface area contributed by atoms with Crippen LogP contribution in [0.4, 0.5) is 5.69 Å². The monoisotopic (exact) mass is 429 g/mol. The van der Waals surface area contributed by atoms with Gasteiger partial charge in [0, 0.05) is 50.9 Å². The zero-order chi connectivity index (χ0) is 22.2. The van der Waals surface area contributed by atoms with E-state index in [0.29, 0.717) is 37.8 Å². The van der Waals surface area contributed by atoms with Crippen LogP contribution in [0.25, 0.3) is 0 Å². The van der Waals surface area contributed by atoms with Gasteiger partial charge in [0.1, 0.15) is 0 Å². The molecule has 0 radical (unpaired) electrons. The molecule has 1 aromatic rings. The van der Waals surface area contributed by atoms with E-state index in [9.17, 15) is 9.59 Å². The van der Waals surface area contributed by atoms with Crippen LogP contribution in [-0.2, 0) is 16.1 Å². The van der Waals surface area contributed by atoms with Gasteiger partial charge < -0.3 is 14.5 Å². The molecule has 2 amide bonds. The van der Waals surface area contributed by atoms with Gasteiger partial charge in [-0.1, -0.05) is 33.1 Å². The molecule has 0 unspecified atom stereocenters. The van der Waals surface area contributed by atoms with Crippen LogP contribution in [0.2, 0.25) is 0 Å². The molecule has 0 N–H and O–H groups in total. The molecule has 1 saturated heterocycles. The molecule has 31 heavy (non-hydrogen) atoms. The number of carbonyl (C=O) groups is 2. The maximum absolute atomic E-state index is 13.1. The molecule has 0 bridgehead atoms. The largest absolute Gasteiger partial charge is 0.378 e. The molecule has 0 spiro atoms. The number of carbonyl (C=O) groups excluding carboxylic acids is 2. The van der Waals surface area contributed by atoms with E-state index >= 15 is 0 Å². The fourth-order valence-electron chi connectivity index (χ4n) is 4.63. The van der Waals surface area contributed by atoms with Crippen LogP contribution < -0.4 is 4.90 Å². The average Bonchev–Trinajstić information content (AvgIpc) is 2.74. The van der Waals surface area contributed by atoms with Crippen molar-refractivity contribution in [1.82, 2.24) is 9.80 Å². The molecule has 6 heteroatoms. The molecule has 0 aliphatic carbocycles. The van der Waals surface area contributed by atoms with E-state index in [1.165, 1.54) is 19.3 Å². The normalized spacial score (nSPS) is 19.5. The van der Waals surface area contributed by atoms with Crippen molar-refractivity contribution in [1.29, 1.82) is 0 Å². The molecule has 0 saturated carbocycles. The molecule has 0 atom stereocenters. The van der Waals surface area contributed by atoms with Crippen molar-refractivity contribution in [2.75, 3.05) is 50.8 Å². The average molecular weight is 430 g/mol. The van der Waals surface area contributed by atoms with Gasteiger partial charge >= 0.3 is 0 Å². The summed E-state index contributed by atoms with van der Waals surface area (Å²) >= 11 is 0. The van der Waals surface area contributed by atoms with Gasteiger partial charge in [-0.05, 0) is 49.1 Å². The Morgan fingerprint density at radius 1 is 0.968 bits per heavy atom. The van der Waals surface area contributed by atoms with E-state index in [-0.39, 0.29) is 11.8 Å². The SMILES string of the molecule is CC(=O)N1CCCCCCCN(CC(C)C)Cc2cc(C(=O)N3CCOCC3)ccc21. The fraction of sp³-hybridized carbons (Fsp3) is 0.680. The summed E-state index contributed by atoms with van der Waals surface area (Å²) in [7, 11) is 0. The van der Waals surface area contributed by atoms with Crippen LogP contribution >= 0.6 is 0 Å². The Labute approximate surface area is 187 Å². The molecule has 0 aromatic heterocycles. The Morgan fingerprint density at radius 3 is 2.32 bits per heavy atom. The topological polar surface area (TPSA) is 53.1 Å². The lowest BCUT2D eigenvalue weighted by atomic mass is 10.0. The van der Waals surface area contributed by atoms with Crippen molar-refractivity contribution in [2.24, 2.45) is 5.92 Å². The Balaban J connectivity index is 1.94. The molecular formula is C25H39N3O3. The number of morpholine rings is 1. The van der Waals surface area contributed by atoms with E-state index in [1.807, 2.05) is 28.0 Å². The molecule has 1 fully saturated rings. The second-order valence-electron chi connectivity index (χ2n) is 9.32. The summed E-state index contributed by atoms with van der Waals surface area (Å²) in [6, 6.07) is 5.91. The number of amides is 2. The molecule has 2 heterocycles. The summed E-state index contributed by atoms with van der Waals surface area (Å²) in [6.07, 6.45) is 5.82. The van der Waals surface area contributed by atoms with Crippen molar-refractivity contribution in [3.63, 3.8) is 0 Å². The van der Waals surface area contributed by atoms with Crippen LogP contribution in [0, 0.1) is 5.92 Å². The highest BCUT2D eigenvalue weighted by molar-refractivity contribution is 5.97. The summed E-state index contributed by atoms with van der Waals surface area (Å²) in [4.78, 5) is 31.9. The molecule has 2 aliphatic heterocycles. The predicted molar refractivity (Wildman–Crippen MR) is 124 cm³/mol. The Hall–Kier alpha value is -1.92. The summed E-state index contributed by atoms with van der Waals surface area (Å²) in [6.45, 7) is 12.2. The number of benzene rings is 1. The third kappa shape index (κ3) is 6.78. The molecule has 172 valence electrons. The van der Waals surface area contributed by atoms with Gasteiger partial charge in [-0.3, -0.25) is 14.5 Å². The van der Waals surface area contributed by atoms with Crippen molar-refractivity contribution in [3.05, 3.63) is 29.3 Å². The zero-order valence-corrected chi connectivity index (χ0v) is 19.6. The van der Waals surface area contributed by atoms with Crippen molar-refractivity contribution < 1.29 is 14.3 Å². The molecule has 2 aliphatic rings. The minimum atomic E-state index is 0.0574. The number of hydrogen-bond donors (Lipinski definition) is 0. The standard InChI is InChI=1S/C25H39N3O3/c1-20(2)18-26-11-7-5-4-6-8-12-28(21(3)29)24-10-9-22(17-23(24)19-26)25(30)27-13-15-31-16-14-27/h9-10,17,20H,4-8,11-16,18-19H2,1-3H3. The van der Waals surface area contributed by atoms with Gasteiger partial charge in [0.05, 0.1) is 13.2 Å². The highest BCUT2D eigenvalue weighted by atomic mass is 16.5. The van der Waals surface area contributed by atoms with E-state index in [4.69, 9.17) is 4.74 Å². The van der Waals surface area contributed by atoms with Gasteiger partial charge in [-0.25, -0.2) is 0 Å². The van der Waals surface area contributed by atoms with E-state index in [2.05, 4.69) is 18.7 Å². The number of rotatable bonds is 3. The van der Waals surface area contributed by atoms with Crippen LogP contribution in [0.5, 0.6) is 0 Å². The molecule has 1 aromatic carbocycles. The van der Waals surface area contributed by atoms with Gasteiger partial charge in [-0.2, -0.15) is 0 Å². The summed E-state index contributed by atoms with van der Waals surface area (Å²) in [5.41, 5.74) is 2.75. The zero-order valence-electron chi connectivity index (χ0n) is 19.6. The van der Waals surface area contributed by atoms with Crippen LogP contribution in [0.3, 0.4) is 0 Å². The maximum atomic E-state index is 13.1. The van der Waals surface area contributed by atoms with Crippen LogP contribution in [0.1, 0.15) is 68.8 Å². The van der Waals surface area contributed by atoms with Crippen molar-refractivity contribution in [2.45, 2.75) is 59.4 Å². The minimum absolute atomic E-state index is 0.0574. The number of hydrogen-bond acceptors (Lipinski definition) is 4. The summed E-state index contributed by atoms with van der Waals surface area (Å²) < 4.78 is 5.40. The predicted octanol–water partition coefficient (Wildman–Crippen LogP) is 3.93. The maximum Gasteiger partial charge on any atom is 0.254 e. The lowest BCUT2D eigenvalue weighted by molar-refractivity contribution is -0.116.